The predicted molar refractivity (Wildman–Crippen MR) is 236 cm³/mol. The third-order valence-corrected chi connectivity index (χ3v) is 10.7. The zero-order chi connectivity index (χ0) is 40.0. The van der Waals surface area contributed by atoms with Gasteiger partial charge in [0, 0.05) is 40.0 Å². The van der Waals surface area contributed by atoms with E-state index >= 15 is 0 Å². The van der Waals surface area contributed by atoms with Crippen molar-refractivity contribution >= 4 is 11.0 Å². The van der Waals surface area contributed by atoms with Crippen LogP contribution in [0.4, 0.5) is 0 Å². The van der Waals surface area contributed by atoms with Crippen LogP contribution in [0.25, 0.3) is 83.9 Å². The number of rotatable bonds is 8. The minimum atomic E-state index is -0.903. The van der Waals surface area contributed by atoms with Gasteiger partial charge in [-0.05, 0) is 94.6 Å². The second-order valence-electron chi connectivity index (χ2n) is 14.9. The summed E-state index contributed by atoms with van der Waals surface area (Å²) < 4.78 is 11.4. The van der Waals surface area contributed by atoms with Crippen molar-refractivity contribution in [1.29, 1.82) is 0 Å². The summed E-state index contributed by atoms with van der Waals surface area (Å²) in [6.45, 7) is 7.82. The van der Waals surface area contributed by atoms with Crippen LogP contribution in [-0.4, -0.2) is 19.6 Å². The van der Waals surface area contributed by atoms with Crippen LogP contribution in [0.3, 0.4) is 0 Å². The summed E-state index contributed by atoms with van der Waals surface area (Å²) in [5.74, 6) is -0.0976. The van der Waals surface area contributed by atoms with Crippen LogP contribution in [0.15, 0.2) is 170 Å². The average molecular weight is 933 g/mol. The molecule has 7 aromatic carbocycles. The average Bonchev–Trinajstić information content (AvgIpc) is 3.65. The second kappa shape index (κ2) is 16.3. The SMILES string of the molecule is [2H]C(C)(C)c1cc(-n2c(-c3cc(C)cc(C)c3O)nc3c(-c4[c-]c(-c5cc(-c6ccccc6)ccn5)cc(-c5ccccc5)c4)cccc32)ccc1-c1ccccc1.[Pt]. The van der Waals surface area contributed by atoms with E-state index in [1.807, 2.05) is 94.6 Å². The first-order chi connectivity index (χ1) is 28.1. The van der Waals surface area contributed by atoms with Gasteiger partial charge < -0.3 is 5.11 Å². The Morgan fingerprint density at radius 1 is 0.603 bits per heavy atom. The van der Waals surface area contributed by atoms with Crippen molar-refractivity contribution in [3.05, 3.63) is 193 Å². The molecule has 0 amide bonds. The number of hydrogen-bond donors (Lipinski definition) is 1. The van der Waals surface area contributed by atoms with Crippen molar-refractivity contribution in [1.82, 2.24) is 14.5 Å². The van der Waals surface area contributed by atoms with Crippen LogP contribution in [0.2, 0.25) is 0 Å². The molecule has 58 heavy (non-hydrogen) atoms. The summed E-state index contributed by atoms with van der Waals surface area (Å²) in [4.78, 5) is 10.3. The zero-order valence-corrected chi connectivity index (χ0v) is 35.0. The van der Waals surface area contributed by atoms with E-state index < -0.39 is 5.89 Å². The summed E-state index contributed by atoms with van der Waals surface area (Å²) >= 11 is 0. The number of aromatic hydroxyl groups is 1. The van der Waals surface area contributed by atoms with E-state index in [-0.39, 0.29) is 26.8 Å². The number of aryl methyl sites for hydroxylation is 2. The molecule has 2 heterocycles. The Kier molecular flexibility index (Phi) is 10.4. The summed E-state index contributed by atoms with van der Waals surface area (Å²) in [5, 5.41) is 11.7. The van der Waals surface area contributed by atoms with Crippen molar-refractivity contribution in [2.24, 2.45) is 0 Å². The Morgan fingerprint density at radius 2 is 1.26 bits per heavy atom. The molecule has 1 N–H and O–H groups in total. The first kappa shape index (κ1) is 37.2. The predicted octanol–water partition coefficient (Wildman–Crippen LogP) is 13.7. The van der Waals surface area contributed by atoms with Gasteiger partial charge in [0.05, 0.1) is 16.6 Å². The van der Waals surface area contributed by atoms with Crippen LogP contribution in [0, 0.1) is 19.9 Å². The second-order valence-corrected chi connectivity index (χ2v) is 14.9. The number of pyridine rings is 1. The van der Waals surface area contributed by atoms with Crippen molar-refractivity contribution in [3.8, 4) is 78.6 Å². The van der Waals surface area contributed by atoms with E-state index in [2.05, 4.69) is 114 Å². The van der Waals surface area contributed by atoms with Gasteiger partial charge in [-0.1, -0.05) is 152 Å². The van der Waals surface area contributed by atoms with Crippen LogP contribution in [-0.2, 0) is 21.1 Å². The van der Waals surface area contributed by atoms with Crippen molar-refractivity contribution in [2.75, 3.05) is 0 Å². The fraction of sp³-hybridized carbons (Fsp3) is 0.0943. The number of para-hydroxylation sites is 1. The Morgan fingerprint density at radius 3 is 1.95 bits per heavy atom. The third kappa shape index (κ3) is 7.33. The fourth-order valence-electron chi connectivity index (χ4n) is 7.88. The number of fused-ring (bicyclic) bond motifs is 1. The molecule has 0 aliphatic rings. The maximum atomic E-state index is 11.7. The molecule has 5 heteroatoms. The number of hydrogen-bond acceptors (Lipinski definition) is 3. The standard InChI is InChI=1S/C53H42N3O.Pt/c1-34(2)47-33-44(23-24-45(47)39-19-12-7-13-20-39)56-50-22-14-21-46(51(50)55-53(56)48-28-35(3)27-36(4)52(48)57)42-29-41(38-17-10-6-11-18-38)30-43(31-42)49-32-40(25-26-54-49)37-15-8-5-9-16-37;/h5-30,32-34,57H,1-4H3;/q-1;/i34D;. The molecule has 0 unspecified atom stereocenters. The summed E-state index contributed by atoms with van der Waals surface area (Å²) in [6, 6.07) is 59.8. The summed E-state index contributed by atoms with van der Waals surface area (Å²) in [5.41, 5.74) is 15.7. The Balaban J connectivity index is 0.00000484. The Labute approximate surface area is 356 Å². The molecule has 0 spiro atoms. The van der Waals surface area contributed by atoms with E-state index in [1.165, 1.54) is 0 Å². The number of phenolic OH excluding ortho intramolecular Hbond substituents is 1. The molecule has 0 aliphatic carbocycles. The number of imidazole rings is 1. The van der Waals surface area contributed by atoms with Gasteiger partial charge in [-0.15, -0.1) is 23.8 Å². The maximum absolute atomic E-state index is 11.7. The quantitative estimate of drug-likeness (QED) is 0.154. The molecule has 286 valence electrons. The van der Waals surface area contributed by atoms with Crippen LogP contribution >= 0.6 is 0 Å². The first-order valence-corrected chi connectivity index (χ1v) is 19.3. The molecule has 0 saturated heterocycles. The normalized spacial score (nSPS) is 11.6. The molecule has 4 nitrogen and oxygen atoms in total. The molecule has 0 radical (unpaired) electrons. The van der Waals surface area contributed by atoms with Crippen molar-refractivity contribution in [2.45, 2.75) is 33.6 Å². The number of benzene rings is 7. The van der Waals surface area contributed by atoms with Gasteiger partial charge in [0.15, 0.2) is 0 Å². The number of phenols is 1. The molecule has 0 saturated carbocycles. The Bertz CT molecular complexity index is 2950. The molecule has 0 aliphatic heterocycles. The number of nitrogens with zero attached hydrogens (tertiary/aromatic N) is 3. The van der Waals surface area contributed by atoms with Crippen molar-refractivity contribution < 1.29 is 27.5 Å². The van der Waals surface area contributed by atoms with Crippen LogP contribution in [0.1, 0.15) is 37.8 Å². The summed E-state index contributed by atoms with van der Waals surface area (Å²) in [6.07, 6.45) is 1.86. The topological polar surface area (TPSA) is 50.9 Å². The molecule has 2 aromatic heterocycles. The van der Waals surface area contributed by atoms with E-state index in [1.54, 1.807) is 0 Å². The monoisotopic (exact) mass is 932 g/mol. The Hall–Kier alpha value is -6.35. The van der Waals surface area contributed by atoms with Crippen molar-refractivity contribution in [3.63, 3.8) is 0 Å². The minimum Gasteiger partial charge on any atom is -0.507 e. The zero-order valence-electron chi connectivity index (χ0n) is 33.8. The molecule has 0 atom stereocenters. The maximum Gasteiger partial charge on any atom is 0.148 e. The smallest absolute Gasteiger partial charge is 0.148 e. The van der Waals surface area contributed by atoms with E-state index in [0.717, 1.165) is 89.2 Å². The van der Waals surface area contributed by atoms with Gasteiger partial charge in [-0.3, -0.25) is 9.55 Å². The third-order valence-electron chi connectivity index (χ3n) is 10.7. The molecule has 9 rings (SSSR count). The fourth-order valence-corrected chi connectivity index (χ4v) is 7.88. The van der Waals surface area contributed by atoms with Gasteiger partial charge >= 0.3 is 0 Å². The first-order valence-electron chi connectivity index (χ1n) is 19.8. The van der Waals surface area contributed by atoms with Gasteiger partial charge in [-0.25, -0.2) is 4.98 Å². The van der Waals surface area contributed by atoms with E-state index in [4.69, 9.17) is 9.97 Å². The van der Waals surface area contributed by atoms with Gasteiger partial charge in [0.25, 0.3) is 0 Å². The summed E-state index contributed by atoms with van der Waals surface area (Å²) in [7, 11) is 0. The molecule has 0 bridgehead atoms. The van der Waals surface area contributed by atoms with E-state index in [9.17, 15) is 6.48 Å². The van der Waals surface area contributed by atoms with E-state index in [0.29, 0.717) is 11.4 Å². The largest absolute Gasteiger partial charge is 0.507 e. The molecule has 0 fully saturated rings. The van der Waals surface area contributed by atoms with Crippen LogP contribution < -0.4 is 0 Å². The molecular weight excluding hydrogens is 890 g/mol. The number of aromatic nitrogens is 3. The minimum absolute atomic E-state index is 0. The van der Waals surface area contributed by atoms with Gasteiger partial charge in [0.2, 0.25) is 0 Å². The van der Waals surface area contributed by atoms with Gasteiger partial charge in [0.1, 0.15) is 11.6 Å². The molecular formula is C53H42N3OPt-. The van der Waals surface area contributed by atoms with Gasteiger partial charge in [-0.2, -0.15) is 0 Å². The molecule has 9 aromatic rings. The van der Waals surface area contributed by atoms with Crippen LogP contribution in [0.5, 0.6) is 5.75 Å².